The lowest BCUT2D eigenvalue weighted by atomic mass is 10.0. The average molecular weight is 294 g/mol. The molecule has 1 aliphatic heterocycles. The van der Waals surface area contributed by atoms with Gasteiger partial charge in [0.05, 0.1) is 18.4 Å². The number of amides is 1. The summed E-state index contributed by atoms with van der Waals surface area (Å²) < 4.78 is 5.28. The topological polar surface area (TPSA) is 90.8 Å². The average Bonchev–Trinajstić information content (AvgIpc) is 2.46. The number of aliphatic hydroxyl groups excluding tert-OH is 2. The Morgan fingerprint density at radius 3 is 2.95 bits per heavy atom. The number of hydrogen-bond acceptors (Lipinski definition) is 5. The molecule has 0 radical (unpaired) electrons. The molecule has 0 aromatic heterocycles. The number of fused-ring (bicyclic) bond motifs is 1. The highest BCUT2D eigenvalue weighted by Crippen LogP contribution is 2.31. The number of carbonyl (C=O) groups is 1. The van der Waals surface area contributed by atoms with Gasteiger partial charge in [0.25, 0.3) is 5.91 Å². The van der Waals surface area contributed by atoms with Crippen LogP contribution in [0.25, 0.3) is 0 Å². The van der Waals surface area contributed by atoms with Crippen molar-refractivity contribution in [1.29, 1.82) is 0 Å². The normalized spacial score (nSPS) is 15.9. The Hall–Kier alpha value is -1.63. The molecule has 0 fully saturated rings. The maximum atomic E-state index is 11.3. The molecule has 1 aliphatic rings. The molecule has 4 N–H and O–H groups in total. The summed E-state index contributed by atoms with van der Waals surface area (Å²) in [6.07, 6.45) is -0.132. The van der Waals surface area contributed by atoms with E-state index in [1.54, 1.807) is 18.2 Å². The molecule has 1 heterocycles. The maximum Gasteiger partial charge on any atom is 0.262 e. The molecule has 6 heteroatoms. The maximum absolute atomic E-state index is 11.3. The van der Waals surface area contributed by atoms with Crippen LogP contribution in [0.15, 0.2) is 18.2 Å². The summed E-state index contributed by atoms with van der Waals surface area (Å²) >= 11 is 0. The molecule has 1 atom stereocenters. The van der Waals surface area contributed by atoms with Gasteiger partial charge in [-0.25, -0.2) is 0 Å². The van der Waals surface area contributed by atoms with E-state index in [1.165, 1.54) is 0 Å². The first kappa shape index (κ1) is 15.8. The summed E-state index contributed by atoms with van der Waals surface area (Å²) in [5.74, 6) is 0.422. The second kappa shape index (κ2) is 6.43. The largest absolute Gasteiger partial charge is 0.482 e. The fourth-order valence-electron chi connectivity index (χ4n) is 2.08. The molecule has 1 aromatic carbocycles. The first-order valence-electron chi connectivity index (χ1n) is 7.02. The minimum absolute atomic E-state index is 0.0229. The highest BCUT2D eigenvalue weighted by atomic mass is 16.5. The van der Waals surface area contributed by atoms with Crippen molar-refractivity contribution in [3.8, 4) is 5.75 Å². The smallest absolute Gasteiger partial charge is 0.262 e. The standard InChI is InChI=1S/C15H22N2O4/c1-15(2,9-18)16-6-5-12(19)10-3-4-13-11(7-10)17-14(20)8-21-13/h3-4,7,12,16,18-19H,5-6,8-9H2,1-2H3,(H,17,20). The molecule has 6 nitrogen and oxygen atoms in total. The molecule has 1 aromatic rings. The quantitative estimate of drug-likeness (QED) is 0.623. The van der Waals surface area contributed by atoms with Crippen LogP contribution in [0.2, 0.25) is 0 Å². The lowest BCUT2D eigenvalue weighted by Crippen LogP contribution is -2.43. The molecular weight excluding hydrogens is 272 g/mol. The molecule has 0 saturated carbocycles. The second-order valence-electron chi connectivity index (χ2n) is 5.87. The summed E-state index contributed by atoms with van der Waals surface area (Å²) in [5, 5.41) is 25.3. The van der Waals surface area contributed by atoms with Gasteiger partial charge in [0.2, 0.25) is 0 Å². The van der Waals surface area contributed by atoms with Gasteiger partial charge in [-0.05, 0) is 44.5 Å². The third kappa shape index (κ3) is 4.17. The molecular formula is C15H22N2O4. The van der Waals surface area contributed by atoms with Gasteiger partial charge in [-0.15, -0.1) is 0 Å². The van der Waals surface area contributed by atoms with E-state index in [9.17, 15) is 9.90 Å². The summed E-state index contributed by atoms with van der Waals surface area (Å²) in [5.41, 5.74) is 0.951. The first-order valence-corrected chi connectivity index (χ1v) is 7.02. The van der Waals surface area contributed by atoms with Crippen molar-refractivity contribution in [3.05, 3.63) is 23.8 Å². The highest BCUT2D eigenvalue weighted by Gasteiger charge is 2.19. The Balaban J connectivity index is 1.95. The van der Waals surface area contributed by atoms with Crippen LogP contribution in [0.4, 0.5) is 5.69 Å². The first-order chi connectivity index (χ1) is 9.91. The van der Waals surface area contributed by atoms with Crippen LogP contribution in [-0.4, -0.2) is 41.4 Å². The molecule has 2 rings (SSSR count). The third-order valence-corrected chi connectivity index (χ3v) is 3.44. The number of ether oxygens (including phenoxy) is 1. The van der Waals surface area contributed by atoms with E-state index in [1.807, 2.05) is 13.8 Å². The van der Waals surface area contributed by atoms with Gasteiger partial charge >= 0.3 is 0 Å². The molecule has 0 aliphatic carbocycles. The molecule has 1 amide bonds. The van der Waals surface area contributed by atoms with Crippen LogP contribution in [0.3, 0.4) is 0 Å². The van der Waals surface area contributed by atoms with Gasteiger partial charge in [0, 0.05) is 5.54 Å². The van der Waals surface area contributed by atoms with Gasteiger partial charge in [0.1, 0.15) is 5.75 Å². The van der Waals surface area contributed by atoms with Crippen molar-refractivity contribution in [2.45, 2.75) is 31.9 Å². The number of carbonyl (C=O) groups excluding carboxylic acids is 1. The molecule has 0 spiro atoms. The lowest BCUT2D eigenvalue weighted by molar-refractivity contribution is -0.118. The van der Waals surface area contributed by atoms with Crippen LogP contribution in [0.5, 0.6) is 5.75 Å². The Morgan fingerprint density at radius 2 is 2.24 bits per heavy atom. The van der Waals surface area contributed by atoms with E-state index >= 15 is 0 Å². The molecule has 116 valence electrons. The van der Waals surface area contributed by atoms with Crippen LogP contribution < -0.4 is 15.4 Å². The van der Waals surface area contributed by atoms with E-state index in [2.05, 4.69) is 10.6 Å². The van der Waals surface area contributed by atoms with Crippen molar-refractivity contribution in [2.24, 2.45) is 0 Å². The zero-order chi connectivity index (χ0) is 15.5. The zero-order valence-corrected chi connectivity index (χ0v) is 12.3. The molecule has 0 saturated heterocycles. The highest BCUT2D eigenvalue weighted by molar-refractivity contribution is 5.95. The SMILES string of the molecule is CC(C)(CO)NCCC(O)c1ccc2c(c1)NC(=O)CO2. The zero-order valence-electron chi connectivity index (χ0n) is 12.3. The van der Waals surface area contributed by atoms with E-state index in [0.717, 1.165) is 5.56 Å². The molecule has 0 bridgehead atoms. The Morgan fingerprint density at radius 1 is 1.48 bits per heavy atom. The summed E-state index contributed by atoms with van der Waals surface area (Å²) in [4.78, 5) is 11.3. The summed E-state index contributed by atoms with van der Waals surface area (Å²) in [7, 11) is 0. The van der Waals surface area contributed by atoms with Crippen LogP contribution in [0.1, 0.15) is 31.9 Å². The Kier molecular flexibility index (Phi) is 4.82. The van der Waals surface area contributed by atoms with Gasteiger partial charge in [-0.1, -0.05) is 6.07 Å². The lowest BCUT2D eigenvalue weighted by Gasteiger charge is -2.24. The van der Waals surface area contributed by atoms with Crippen molar-refractivity contribution < 1.29 is 19.7 Å². The fourth-order valence-corrected chi connectivity index (χ4v) is 2.08. The third-order valence-electron chi connectivity index (χ3n) is 3.44. The van der Waals surface area contributed by atoms with Crippen molar-refractivity contribution in [3.63, 3.8) is 0 Å². The van der Waals surface area contributed by atoms with E-state index in [-0.39, 0.29) is 24.7 Å². The second-order valence-corrected chi connectivity index (χ2v) is 5.87. The molecule has 21 heavy (non-hydrogen) atoms. The number of benzene rings is 1. The number of anilines is 1. The number of rotatable bonds is 6. The van der Waals surface area contributed by atoms with Gasteiger partial charge in [0.15, 0.2) is 6.61 Å². The summed E-state index contributed by atoms with van der Waals surface area (Å²) in [6, 6.07) is 5.27. The van der Waals surface area contributed by atoms with E-state index < -0.39 is 6.10 Å². The van der Waals surface area contributed by atoms with Crippen molar-refractivity contribution in [2.75, 3.05) is 25.1 Å². The molecule has 1 unspecified atom stereocenters. The number of nitrogens with one attached hydrogen (secondary N) is 2. The van der Waals surface area contributed by atoms with Crippen LogP contribution in [-0.2, 0) is 4.79 Å². The summed E-state index contributed by atoms with van der Waals surface area (Å²) in [6.45, 7) is 4.42. The van der Waals surface area contributed by atoms with Gasteiger partial charge in [-0.3, -0.25) is 4.79 Å². The van der Waals surface area contributed by atoms with Gasteiger partial charge < -0.3 is 25.6 Å². The predicted molar refractivity (Wildman–Crippen MR) is 79.3 cm³/mol. The van der Waals surface area contributed by atoms with Crippen molar-refractivity contribution >= 4 is 11.6 Å². The Labute approximate surface area is 124 Å². The van der Waals surface area contributed by atoms with Crippen LogP contribution in [0, 0.1) is 0 Å². The number of aliphatic hydroxyl groups is 2. The Bertz CT molecular complexity index is 516. The minimum atomic E-state index is -0.642. The minimum Gasteiger partial charge on any atom is -0.482 e. The predicted octanol–water partition coefficient (Wildman–Crippen LogP) is 0.801. The van der Waals surface area contributed by atoms with E-state index in [0.29, 0.717) is 24.4 Å². The van der Waals surface area contributed by atoms with Gasteiger partial charge in [-0.2, -0.15) is 0 Å². The van der Waals surface area contributed by atoms with Crippen LogP contribution >= 0.6 is 0 Å². The van der Waals surface area contributed by atoms with E-state index in [4.69, 9.17) is 9.84 Å². The van der Waals surface area contributed by atoms with Crippen molar-refractivity contribution in [1.82, 2.24) is 5.32 Å². The fraction of sp³-hybridized carbons (Fsp3) is 0.533. The number of hydrogen-bond donors (Lipinski definition) is 4. The monoisotopic (exact) mass is 294 g/mol.